The molecule has 5 nitrogen and oxygen atoms in total. The van der Waals surface area contributed by atoms with E-state index in [1.54, 1.807) is 42.1 Å². The SMILES string of the molecule is O=C(NCCSc1ccc(Cl)cc1)C1CCN(S(=O)(=O)c2ccccc2)CC1. The van der Waals surface area contributed by atoms with Crippen molar-refractivity contribution >= 4 is 39.3 Å². The van der Waals surface area contributed by atoms with Crippen LogP contribution < -0.4 is 5.32 Å². The Morgan fingerprint density at radius 1 is 1.07 bits per heavy atom. The Balaban J connectivity index is 1.42. The number of sulfonamides is 1. The molecular weight excluding hydrogens is 416 g/mol. The minimum atomic E-state index is -3.48. The smallest absolute Gasteiger partial charge is 0.243 e. The Bertz CT molecular complexity index is 881. The lowest BCUT2D eigenvalue weighted by Gasteiger charge is -2.30. The molecule has 150 valence electrons. The summed E-state index contributed by atoms with van der Waals surface area (Å²) in [5.74, 6) is 0.644. The number of amides is 1. The highest BCUT2D eigenvalue weighted by Crippen LogP contribution is 2.24. The third kappa shape index (κ3) is 5.50. The molecule has 0 unspecified atom stereocenters. The molecule has 0 aliphatic carbocycles. The van der Waals surface area contributed by atoms with Crippen LogP contribution in [0.5, 0.6) is 0 Å². The molecule has 8 heteroatoms. The summed E-state index contributed by atoms with van der Waals surface area (Å²) in [6.07, 6.45) is 1.09. The molecule has 1 heterocycles. The van der Waals surface area contributed by atoms with Crippen molar-refractivity contribution < 1.29 is 13.2 Å². The van der Waals surface area contributed by atoms with Crippen molar-refractivity contribution in [2.24, 2.45) is 5.92 Å². The molecule has 2 aromatic rings. The second-order valence-electron chi connectivity index (χ2n) is 6.58. The van der Waals surface area contributed by atoms with Gasteiger partial charge in [0.1, 0.15) is 0 Å². The van der Waals surface area contributed by atoms with Gasteiger partial charge in [-0.2, -0.15) is 4.31 Å². The summed E-state index contributed by atoms with van der Waals surface area (Å²) in [6, 6.07) is 16.0. The van der Waals surface area contributed by atoms with Crippen LogP contribution in [0.15, 0.2) is 64.4 Å². The van der Waals surface area contributed by atoms with Crippen molar-refractivity contribution in [1.29, 1.82) is 0 Å². The maximum absolute atomic E-state index is 12.6. The van der Waals surface area contributed by atoms with E-state index in [0.29, 0.717) is 42.4 Å². The van der Waals surface area contributed by atoms with E-state index in [9.17, 15) is 13.2 Å². The molecule has 1 N–H and O–H groups in total. The van der Waals surface area contributed by atoms with Crippen molar-refractivity contribution in [3.8, 4) is 0 Å². The van der Waals surface area contributed by atoms with Crippen LogP contribution in [0.1, 0.15) is 12.8 Å². The van der Waals surface area contributed by atoms with Crippen LogP contribution in [-0.4, -0.2) is 44.0 Å². The largest absolute Gasteiger partial charge is 0.355 e. The average molecular weight is 439 g/mol. The highest BCUT2D eigenvalue weighted by Gasteiger charge is 2.31. The Morgan fingerprint density at radius 2 is 1.71 bits per heavy atom. The molecule has 0 aromatic heterocycles. The molecule has 1 fully saturated rings. The first-order chi connectivity index (χ1) is 13.5. The van der Waals surface area contributed by atoms with Gasteiger partial charge in [-0.3, -0.25) is 4.79 Å². The highest BCUT2D eigenvalue weighted by atomic mass is 35.5. The number of carbonyl (C=O) groups is 1. The summed E-state index contributed by atoms with van der Waals surface area (Å²) in [5.41, 5.74) is 0. The zero-order valence-electron chi connectivity index (χ0n) is 15.4. The summed E-state index contributed by atoms with van der Waals surface area (Å²) in [4.78, 5) is 13.8. The van der Waals surface area contributed by atoms with Crippen LogP contribution in [0.2, 0.25) is 5.02 Å². The Morgan fingerprint density at radius 3 is 2.36 bits per heavy atom. The van der Waals surface area contributed by atoms with Gasteiger partial charge in [-0.25, -0.2) is 8.42 Å². The predicted octanol–water partition coefficient (Wildman–Crippen LogP) is 3.65. The monoisotopic (exact) mass is 438 g/mol. The molecule has 0 spiro atoms. The summed E-state index contributed by atoms with van der Waals surface area (Å²) in [6.45, 7) is 1.32. The zero-order chi connectivity index (χ0) is 20.0. The molecule has 1 amide bonds. The maximum Gasteiger partial charge on any atom is 0.243 e. The number of rotatable bonds is 7. The number of piperidine rings is 1. The second kappa shape index (κ2) is 9.78. The van der Waals surface area contributed by atoms with Crippen LogP contribution in [-0.2, 0) is 14.8 Å². The van der Waals surface area contributed by atoms with Gasteiger partial charge in [0, 0.05) is 41.2 Å². The fraction of sp³-hybridized carbons (Fsp3) is 0.350. The molecule has 1 aliphatic rings. The van der Waals surface area contributed by atoms with Gasteiger partial charge in [0.15, 0.2) is 0 Å². The zero-order valence-corrected chi connectivity index (χ0v) is 17.8. The number of hydrogen-bond acceptors (Lipinski definition) is 4. The van der Waals surface area contributed by atoms with Crippen molar-refractivity contribution in [3.05, 3.63) is 59.6 Å². The summed E-state index contributed by atoms with van der Waals surface area (Å²) in [5, 5.41) is 3.67. The molecule has 0 bridgehead atoms. The number of benzene rings is 2. The van der Waals surface area contributed by atoms with E-state index in [-0.39, 0.29) is 11.8 Å². The molecule has 0 radical (unpaired) electrons. The normalized spacial score (nSPS) is 16.0. The molecule has 3 rings (SSSR count). The first kappa shape index (κ1) is 21.2. The van der Waals surface area contributed by atoms with E-state index in [1.165, 1.54) is 4.31 Å². The third-order valence-electron chi connectivity index (χ3n) is 4.69. The minimum absolute atomic E-state index is 0.00784. The first-order valence-electron chi connectivity index (χ1n) is 9.18. The quantitative estimate of drug-likeness (QED) is 0.529. The van der Waals surface area contributed by atoms with Gasteiger partial charge < -0.3 is 5.32 Å². The number of nitrogens with one attached hydrogen (secondary N) is 1. The van der Waals surface area contributed by atoms with Crippen LogP contribution in [0.25, 0.3) is 0 Å². The fourth-order valence-electron chi connectivity index (χ4n) is 3.12. The lowest BCUT2D eigenvalue weighted by atomic mass is 9.97. The molecular formula is C20H23ClN2O3S2. The number of nitrogens with zero attached hydrogens (tertiary/aromatic N) is 1. The summed E-state index contributed by atoms with van der Waals surface area (Å²) < 4.78 is 26.8. The second-order valence-corrected chi connectivity index (χ2v) is 10.1. The highest BCUT2D eigenvalue weighted by molar-refractivity contribution is 7.99. The number of halogens is 1. The Hall–Kier alpha value is -1.54. The molecule has 1 aliphatic heterocycles. The van der Waals surface area contributed by atoms with E-state index in [1.807, 2.05) is 24.3 Å². The Kier molecular flexibility index (Phi) is 7.40. The fourth-order valence-corrected chi connectivity index (χ4v) is 5.50. The minimum Gasteiger partial charge on any atom is -0.355 e. The topological polar surface area (TPSA) is 66.5 Å². The van der Waals surface area contributed by atoms with Crippen molar-refractivity contribution in [2.75, 3.05) is 25.4 Å². The maximum atomic E-state index is 12.6. The van der Waals surface area contributed by atoms with Gasteiger partial charge in [-0.1, -0.05) is 29.8 Å². The molecule has 28 heavy (non-hydrogen) atoms. The van der Waals surface area contributed by atoms with E-state index >= 15 is 0 Å². The van der Waals surface area contributed by atoms with Crippen molar-refractivity contribution in [3.63, 3.8) is 0 Å². The third-order valence-corrected chi connectivity index (χ3v) is 7.87. The van der Waals surface area contributed by atoms with Crippen LogP contribution in [0, 0.1) is 5.92 Å². The van der Waals surface area contributed by atoms with Gasteiger partial charge >= 0.3 is 0 Å². The summed E-state index contributed by atoms with van der Waals surface area (Å²) in [7, 11) is -3.48. The van der Waals surface area contributed by atoms with Gasteiger partial charge in [-0.05, 0) is 49.2 Å². The van der Waals surface area contributed by atoms with E-state index in [2.05, 4.69) is 5.32 Å². The van der Waals surface area contributed by atoms with Gasteiger partial charge in [0.05, 0.1) is 4.90 Å². The molecule has 2 aromatic carbocycles. The number of thioether (sulfide) groups is 1. The van der Waals surface area contributed by atoms with E-state index < -0.39 is 10.0 Å². The average Bonchev–Trinajstić information content (AvgIpc) is 2.73. The van der Waals surface area contributed by atoms with E-state index in [0.717, 1.165) is 10.6 Å². The van der Waals surface area contributed by atoms with Gasteiger partial charge in [0.2, 0.25) is 15.9 Å². The van der Waals surface area contributed by atoms with Crippen molar-refractivity contribution in [1.82, 2.24) is 9.62 Å². The number of hydrogen-bond donors (Lipinski definition) is 1. The van der Waals surface area contributed by atoms with Crippen LogP contribution in [0.3, 0.4) is 0 Å². The Labute approximate surface area is 175 Å². The number of carbonyl (C=O) groups excluding carboxylic acids is 1. The lowest BCUT2D eigenvalue weighted by Crippen LogP contribution is -2.43. The van der Waals surface area contributed by atoms with Gasteiger partial charge in [-0.15, -0.1) is 11.8 Å². The summed E-state index contributed by atoms with van der Waals surface area (Å²) >= 11 is 7.52. The van der Waals surface area contributed by atoms with Gasteiger partial charge in [0.25, 0.3) is 0 Å². The standard InChI is InChI=1S/C20H23ClN2O3S2/c21-17-6-8-18(9-7-17)27-15-12-22-20(24)16-10-13-23(14-11-16)28(25,26)19-4-2-1-3-5-19/h1-9,16H,10-15H2,(H,22,24). The molecule has 0 atom stereocenters. The molecule has 1 saturated heterocycles. The lowest BCUT2D eigenvalue weighted by molar-refractivity contribution is -0.125. The predicted molar refractivity (Wildman–Crippen MR) is 113 cm³/mol. The van der Waals surface area contributed by atoms with Crippen LogP contribution >= 0.6 is 23.4 Å². The van der Waals surface area contributed by atoms with Crippen LogP contribution in [0.4, 0.5) is 0 Å². The van der Waals surface area contributed by atoms with E-state index in [4.69, 9.17) is 11.6 Å². The molecule has 0 saturated carbocycles. The van der Waals surface area contributed by atoms with Crippen molar-refractivity contribution in [2.45, 2.75) is 22.6 Å². The first-order valence-corrected chi connectivity index (χ1v) is 12.0.